The third-order valence-electron chi connectivity index (χ3n) is 2.85. The summed E-state index contributed by atoms with van der Waals surface area (Å²) in [6.07, 6.45) is 0.323. The number of carboxylic acids is 1. The average molecular weight is 388 g/mol. The largest absolute Gasteiger partial charge is 0.478 e. The molecule has 0 aliphatic rings. The van der Waals surface area contributed by atoms with Crippen LogP contribution in [0, 0.1) is 0 Å². The quantitative estimate of drug-likeness (QED) is 0.246. The summed E-state index contributed by atoms with van der Waals surface area (Å²) in [5.41, 5.74) is 0.406. The van der Waals surface area contributed by atoms with Gasteiger partial charge in [-0.05, 0) is 20.8 Å². The molecule has 27 heavy (non-hydrogen) atoms. The fraction of sp³-hybridized carbons (Fsp3) is 0.579. The van der Waals surface area contributed by atoms with Gasteiger partial charge in [0.15, 0.2) is 0 Å². The molecule has 0 amide bonds. The number of carbonyl (C=O) groups is 2. The molecule has 0 aromatic carbocycles. The minimum atomic E-state index is -0.935. The minimum absolute atomic E-state index is 0.118. The molecule has 3 N–H and O–H groups in total. The summed E-state index contributed by atoms with van der Waals surface area (Å²) in [6, 6.07) is 0. The molecule has 0 aromatic rings. The van der Waals surface area contributed by atoms with Crippen LogP contribution in [0.5, 0.6) is 0 Å². The van der Waals surface area contributed by atoms with E-state index in [1.165, 1.54) is 13.0 Å². The predicted octanol–water partition coefficient (Wildman–Crippen LogP) is 1.47. The van der Waals surface area contributed by atoms with Crippen molar-refractivity contribution in [3.63, 3.8) is 0 Å². The molecule has 0 saturated heterocycles. The summed E-state index contributed by atoms with van der Waals surface area (Å²) in [4.78, 5) is 21.1. The van der Waals surface area contributed by atoms with Gasteiger partial charge in [0, 0.05) is 17.6 Å². The Morgan fingerprint density at radius 2 is 1.70 bits per heavy atom. The minimum Gasteiger partial charge on any atom is -0.478 e. The lowest BCUT2D eigenvalue weighted by Crippen LogP contribution is -2.27. The molecule has 8 nitrogen and oxygen atoms in total. The van der Waals surface area contributed by atoms with E-state index in [-0.39, 0.29) is 50.1 Å². The molecular weight excluding hydrogens is 356 g/mol. The lowest BCUT2D eigenvalue weighted by atomic mass is 10.1. The van der Waals surface area contributed by atoms with Gasteiger partial charge in [-0.1, -0.05) is 25.8 Å². The van der Waals surface area contributed by atoms with Crippen molar-refractivity contribution in [2.75, 3.05) is 26.4 Å². The van der Waals surface area contributed by atoms with Gasteiger partial charge in [0.1, 0.15) is 6.61 Å². The zero-order valence-corrected chi connectivity index (χ0v) is 16.3. The lowest BCUT2D eigenvalue weighted by Gasteiger charge is -2.20. The molecule has 0 bridgehead atoms. The number of carbonyl (C=O) groups excluding carboxylic acids is 1. The van der Waals surface area contributed by atoms with E-state index in [0.717, 1.165) is 0 Å². The van der Waals surface area contributed by atoms with Gasteiger partial charge in [0.2, 0.25) is 0 Å². The van der Waals surface area contributed by atoms with Crippen LogP contribution in [-0.4, -0.2) is 72.0 Å². The number of aliphatic hydroxyl groups excluding tert-OH is 2. The number of aliphatic hydroxyl groups is 2. The van der Waals surface area contributed by atoms with E-state index in [9.17, 15) is 14.7 Å². The first-order valence-corrected chi connectivity index (χ1v) is 8.41. The fourth-order valence-corrected chi connectivity index (χ4v) is 1.39. The van der Waals surface area contributed by atoms with Crippen LogP contribution < -0.4 is 0 Å². The van der Waals surface area contributed by atoms with Gasteiger partial charge in [0.25, 0.3) is 0 Å². The van der Waals surface area contributed by atoms with Crippen LogP contribution in [-0.2, 0) is 23.8 Å². The summed E-state index contributed by atoms with van der Waals surface area (Å²) in [7, 11) is 0. The first kappa shape index (κ1) is 27.2. The van der Waals surface area contributed by atoms with Gasteiger partial charge < -0.3 is 29.5 Å². The van der Waals surface area contributed by atoms with E-state index in [1.54, 1.807) is 13.8 Å². The van der Waals surface area contributed by atoms with E-state index in [0.29, 0.717) is 0 Å². The maximum absolute atomic E-state index is 11.5. The third-order valence-corrected chi connectivity index (χ3v) is 2.85. The molecule has 0 aromatic heterocycles. The number of ether oxygens (including phenoxy) is 3. The maximum Gasteiger partial charge on any atom is 0.333 e. The summed E-state index contributed by atoms with van der Waals surface area (Å²) >= 11 is 0. The van der Waals surface area contributed by atoms with Crippen molar-refractivity contribution >= 4 is 11.9 Å². The van der Waals surface area contributed by atoms with Crippen LogP contribution in [0.2, 0.25) is 0 Å². The van der Waals surface area contributed by atoms with Crippen LogP contribution in [0.15, 0.2) is 37.0 Å². The van der Waals surface area contributed by atoms with Gasteiger partial charge in [-0.25, -0.2) is 9.59 Å². The van der Waals surface area contributed by atoms with Crippen molar-refractivity contribution in [3.8, 4) is 0 Å². The summed E-state index contributed by atoms with van der Waals surface area (Å²) in [5, 5.41) is 26.2. The third kappa shape index (κ3) is 17.2. The first-order valence-electron chi connectivity index (χ1n) is 8.41. The Balaban J connectivity index is 0. The number of esters is 1. The van der Waals surface area contributed by atoms with Crippen LogP contribution in [0.4, 0.5) is 0 Å². The molecule has 8 heteroatoms. The lowest BCUT2D eigenvalue weighted by molar-refractivity contribution is -0.138. The second-order valence-electron chi connectivity index (χ2n) is 5.91. The molecule has 156 valence electrons. The van der Waals surface area contributed by atoms with E-state index >= 15 is 0 Å². The highest BCUT2D eigenvalue weighted by molar-refractivity contribution is 5.87. The summed E-state index contributed by atoms with van der Waals surface area (Å²) in [5.74, 6) is -1.47. The van der Waals surface area contributed by atoms with Gasteiger partial charge in [0.05, 0.1) is 38.1 Å². The highest BCUT2D eigenvalue weighted by Crippen LogP contribution is 2.10. The van der Waals surface area contributed by atoms with Crippen LogP contribution in [0.25, 0.3) is 0 Å². The van der Waals surface area contributed by atoms with E-state index < -0.39 is 24.1 Å². The molecule has 0 spiro atoms. The maximum atomic E-state index is 11.5. The Morgan fingerprint density at radius 1 is 1.15 bits per heavy atom. The van der Waals surface area contributed by atoms with Gasteiger partial charge in [-0.2, -0.15) is 0 Å². The highest BCUT2D eigenvalue weighted by atomic mass is 16.5. The van der Waals surface area contributed by atoms with Crippen molar-refractivity contribution in [1.29, 1.82) is 0 Å². The highest BCUT2D eigenvalue weighted by Gasteiger charge is 2.17. The molecular formula is C19H32O8. The van der Waals surface area contributed by atoms with Crippen LogP contribution >= 0.6 is 0 Å². The molecule has 0 saturated carbocycles. The van der Waals surface area contributed by atoms with E-state index in [4.69, 9.17) is 24.4 Å². The average Bonchev–Trinajstić information content (AvgIpc) is 2.61. The number of rotatable bonds is 13. The molecule has 0 aliphatic heterocycles. The molecule has 3 atom stereocenters. The fourth-order valence-electron chi connectivity index (χ4n) is 1.39. The predicted molar refractivity (Wildman–Crippen MR) is 101 cm³/mol. The van der Waals surface area contributed by atoms with Crippen molar-refractivity contribution in [1.82, 2.24) is 0 Å². The normalized spacial score (nSPS) is 13.4. The van der Waals surface area contributed by atoms with Crippen LogP contribution in [0.1, 0.15) is 27.2 Å². The van der Waals surface area contributed by atoms with Crippen molar-refractivity contribution in [3.05, 3.63) is 37.0 Å². The van der Waals surface area contributed by atoms with E-state index in [1.807, 2.05) is 0 Å². The van der Waals surface area contributed by atoms with Gasteiger partial charge in [-0.3, -0.25) is 0 Å². The smallest absolute Gasteiger partial charge is 0.333 e. The SMILES string of the molecule is C=C(C)C(=O)O.C=CCOC(=O)C(=C)CC(CO)OCC(C)OCC(C)O. The Kier molecular flexibility index (Phi) is 16.3. The Bertz CT molecular complexity index is 472. The van der Waals surface area contributed by atoms with E-state index in [2.05, 4.69) is 19.7 Å². The zero-order valence-electron chi connectivity index (χ0n) is 16.3. The van der Waals surface area contributed by atoms with Crippen molar-refractivity contribution in [2.45, 2.75) is 45.5 Å². The topological polar surface area (TPSA) is 123 Å². The molecule has 0 fully saturated rings. The Morgan fingerprint density at radius 3 is 2.11 bits per heavy atom. The molecule has 0 rings (SSSR count). The van der Waals surface area contributed by atoms with Crippen molar-refractivity contribution in [2.24, 2.45) is 0 Å². The van der Waals surface area contributed by atoms with Crippen LogP contribution in [0.3, 0.4) is 0 Å². The van der Waals surface area contributed by atoms with Crippen molar-refractivity contribution < 1.29 is 39.1 Å². The summed E-state index contributed by atoms with van der Waals surface area (Å²) < 4.78 is 15.6. The second-order valence-corrected chi connectivity index (χ2v) is 5.91. The number of aliphatic carboxylic acids is 1. The zero-order chi connectivity index (χ0) is 21.4. The summed E-state index contributed by atoms with van der Waals surface area (Å²) in [6.45, 7) is 15.4. The Hall–Kier alpha value is -2.00. The number of carboxylic acid groups (broad SMARTS) is 1. The van der Waals surface area contributed by atoms with Gasteiger partial charge >= 0.3 is 11.9 Å². The molecule has 0 heterocycles. The molecule has 0 aliphatic carbocycles. The van der Waals surface area contributed by atoms with Gasteiger partial charge in [-0.15, -0.1) is 0 Å². The standard InChI is InChI=1S/C15H26O6.C4H6O2/c1-5-6-19-15(18)11(2)7-14(8-16)21-10-13(4)20-9-12(3)17;1-3(2)4(5)6/h5,12-14,16-17H,1-2,6-10H2,3-4H3;1H2,2H3,(H,5,6). The first-order chi connectivity index (χ1) is 12.5. The molecule has 0 radical (unpaired) electrons. The Labute approximate surface area is 160 Å². The number of hydrogen-bond acceptors (Lipinski definition) is 7. The number of hydrogen-bond donors (Lipinski definition) is 3. The monoisotopic (exact) mass is 388 g/mol. The second kappa shape index (κ2) is 16.2. The molecule has 3 unspecified atom stereocenters.